The molecule has 5 nitrogen and oxygen atoms in total. The molecule has 0 aliphatic heterocycles. The normalized spacial score (nSPS) is 12.7. The average molecular weight is 379 g/mol. The summed E-state index contributed by atoms with van der Waals surface area (Å²) >= 11 is 1.77. The van der Waals surface area contributed by atoms with Gasteiger partial charge in [-0.25, -0.2) is 4.98 Å². The van der Waals surface area contributed by atoms with Gasteiger partial charge in [-0.3, -0.25) is 4.90 Å². The van der Waals surface area contributed by atoms with Crippen LogP contribution in [0.4, 0.5) is 0 Å². The van der Waals surface area contributed by atoms with Gasteiger partial charge in [0.15, 0.2) is 0 Å². The van der Waals surface area contributed by atoms with Crippen molar-refractivity contribution in [3.8, 4) is 11.4 Å². The van der Waals surface area contributed by atoms with E-state index in [4.69, 9.17) is 9.51 Å². The predicted octanol–water partition coefficient (Wildman–Crippen LogP) is 4.97. The van der Waals surface area contributed by atoms with Crippen molar-refractivity contribution in [1.82, 2.24) is 20.0 Å². The maximum Gasteiger partial charge on any atom is 0.227 e. The van der Waals surface area contributed by atoms with Crippen LogP contribution in [-0.2, 0) is 6.42 Å². The van der Waals surface area contributed by atoms with E-state index in [1.807, 2.05) is 36.4 Å². The van der Waals surface area contributed by atoms with Crippen molar-refractivity contribution >= 4 is 21.6 Å². The summed E-state index contributed by atoms with van der Waals surface area (Å²) in [6.45, 7) is 3.15. The van der Waals surface area contributed by atoms with E-state index in [9.17, 15) is 0 Å². The molecule has 4 aromatic rings. The van der Waals surface area contributed by atoms with Crippen molar-refractivity contribution in [3.63, 3.8) is 0 Å². The van der Waals surface area contributed by atoms with E-state index >= 15 is 0 Å². The largest absolute Gasteiger partial charge is 0.339 e. The highest BCUT2D eigenvalue weighted by Gasteiger charge is 2.16. The molecule has 4 rings (SSSR count). The summed E-state index contributed by atoms with van der Waals surface area (Å²) in [6.07, 6.45) is 1.74. The van der Waals surface area contributed by atoms with E-state index in [0.717, 1.165) is 35.5 Å². The standard InChI is InChI=1S/C21H22N4OS/c1-15(21-22-17-11-6-7-12-18(17)27-21)25(2)14-8-13-19-23-20(24-26-19)16-9-4-3-5-10-16/h3-7,9-12,15H,8,13-14H2,1-2H3. The fraction of sp³-hybridized carbons (Fsp3) is 0.286. The minimum atomic E-state index is 0.282. The maximum absolute atomic E-state index is 5.40. The highest BCUT2D eigenvalue weighted by atomic mass is 32.1. The molecule has 0 aliphatic rings. The third-order valence-corrected chi connectivity index (χ3v) is 5.94. The molecular formula is C21H22N4OS. The zero-order chi connectivity index (χ0) is 18.6. The molecule has 2 aromatic heterocycles. The number of fused-ring (bicyclic) bond motifs is 1. The number of hydrogen-bond acceptors (Lipinski definition) is 6. The van der Waals surface area contributed by atoms with Crippen LogP contribution in [0.1, 0.15) is 30.3 Å². The van der Waals surface area contributed by atoms with Crippen LogP contribution in [0.2, 0.25) is 0 Å². The first-order valence-corrected chi connectivity index (χ1v) is 9.96. The highest BCUT2D eigenvalue weighted by molar-refractivity contribution is 7.18. The Kier molecular flexibility index (Phi) is 5.27. The highest BCUT2D eigenvalue weighted by Crippen LogP contribution is 2.28. The van der Waals surface area contributed by atoms with Crippen molar-refractivity contribution in [2.75, 3.05) is 13.6 Å². The molecule has 1 unspecified atom stereocenters. The molecule has 2 aromatic carbocycles. The molecule has 0 saturated carbocycles. The van der Waals surface area contributed by atoms with Crippen LogP contribution in [0.25, 0.3) is 21.6 Å². The lowest BCUT2D eigenvalue weighted by Gasteiger charge is -2.22. The second kappa shape index (κ2) is 7.98. The Morgan fingerprint density at radius 2 is 1.81 bits per heavy atom. The van der Waals surface area contributed by atoms with Crippen LogP contribution in [0.15, 0.2) is 59.1 Å². The first kappa shape index (κ1) is 17.8. The van der Waals surface area contributed by atoms with Gasteiger partial charge in [-0.15, -0.1) is 11.3 Å². The monoisotopic (exact) mass is 378 g/mol. The number of aryl methyl sites for hydroxylation is 1. The number of nitrogens with zero attached hydrogens (tertiary/aromatic N) is 4. The van der Waals surface area contributed by atoms with Gasteiger partial charge in [-0.1, -0.05) is 47.6 Å². The molecule has 27 heavy (non-hydrogen) atoms. The van der Waals surface area contributed by atoms with Crippen LogP contribution >= 0.6 is 11.3 Å². The Morgan fingerprint density at radius 3 is 2.63 bits per heavy atom. The third-order valence-electron chi connectivity index (χ3n) is 4.73. The first-order valence-electron chi connectivity index (χ1n) is 9.14. The van der Waals surface area contributed by atoms with E-state index in [1.165, 1.54) is 4.70 Å². The summed E-state index contributed by atoms with van der Waals surface area (Å²) < 4.78 is 6.64. The molecule has 6 heteroatoms. The van der Waals surface area contributed by atoms with Crippen LogP contribution in [-0.4, -0.2) is 33.6 Å². The molecule has 138 valence electrons. The molecule has 0 N–H and O–H groups in total. The predicted molar refractivity (Wildman–Crippen MR) is 109 cm³/mol. The summed E-state index contributed by atoms with van der Waals surface area (Å²) in [7, 11) is 2.14. The molecule has 1 atom stereocenters. The molecule has 0 bridgehead atoms. The molecule has 0 amide bonds. The summed E-state index contributed by atoms with van der Waals surface area (Å²) in [4.78, 5) is 11.6. The SMILES string of the molecule is CC(c1nc2ccccc2s1)N(C)CCCc1nc(-c2ccccc2)no1. The second-order valence-electron chi connectivity index (χ2n) is 6.66. The zero-order valence-corrected chi connectivity index (χ0v) is 16.3. The van der Waals surface area contributed by atoms with Crippen LogP contribution in [0, 0.1) is 0 Å². The number of aromatic nitrogens is 3. The van der Waals surface area contributed by atoms with Crippen LogP contribution in [0.3, 0.4) is 0 Å². The van der Waals surface area contributed by atoms with E-state index in [2.05, 4.69) is 47.2 Å². The van der Waals surface area contributed by atoms with Crippen LogP contribution < -0.4 is 0 Å². The lowest BCUT2D eigenvalue weighted by atomic mass is 10.2. The first-order chi connectivity index (χ1) is 13.2. The van der Waals surface area contributed by atoms with Gasteiger partial charge in [0.1, 0.15) is 5.01 Å². The third kappa shape index (κ3) is 4.07. The molecule has 0 spiro atoms. The fourth-order valence-corrected chi connectivity index (χ4v) is 4.08. The van der Waals surface area contributed by atoms with E-state index in [1.54, 1.807) is 11.3 Å². The number of rotatable bonds is 7. The lowest BCUT2D eigenvalue weighted by molar-refractivity contribution is 0.253. The molecule has 0 radical (unpaired) electrons. The number of para-hydroxylation sites is 1. The Bertz CT molecular complexity index is 978. The van der Waals surface area contributed by atoms with E-state index in [-0.39, 0.29) is 6.04 Å². The Labute approximate surface area is 162 Å². The van der Waals surface area contributed by atoms with Gasteiger partial charge in [0.05, 0.1) is 16.3 Å². The number of hydrogen-bond donors (Lipinski definition) is 0. The second-order valence-corrected chi connectivity index (χ2v) is 7.72. The molecule has 0 fully saturated rings. The molecule has 0 aliphatic carbocycles. The van der Waals surface area contributed by atoms with E-state index < -0.39 is 0 Å². The smallest absolute Gasteiger partial charge is 0.227 e. The van der Waals surface area contributed by atoms with Gasteiger partial charge in [0, 0.05) is 12.0 Å². The fourth-order valence-electron chi connectivity index (χ4n) is 2.99. The number of thiazole rings is 1. The van der Waals surface area contributed by atoms with Crippen molar-refractivity contribution in [2.24, 2.45) is 0 Å². The minimum absolute atomic E-state index is 0.282. The van der Waals surface area contributed by atoms with Gasteiger partial charge in [-0.2, -0.15) is 4.98 Å². The quantitative estimate of drug-likeness (QED) is 0.454. The van der Waals surface area contributed by atoms with Crippen molar-refractivity contribution < 1.29 is 4.52 Å². The zero-order valence-electron chi connectivity index (χ0n) is 15.5. The van der Waals surface area contributed by atoms with Crippen molar-refractivity contribution in [3.05, 3.63) is 65.5 Å². The van der Waals surface area contributed by atoms with Gasteiger partial charge >= 0.3 is 0 Å². The van der Waals surface area contributed by atoms with Gasteiger partial charge in [0.2, 0.25) is 11.7 Å². The van der Waals surface area contributed by atoms with Gasteiger partial charge in [-0.05, 0) is 39.1 Å². The topological polar surface area (TPSA) is 55.1 Å². The van der Waals surface area contributed by atoms with Crippen molar-refractivity contribution in [1.29, 1.82) is 0 Å². The summed E-state index contributed by atoms with van der Waals surface area (Å²) in [5.74, 6) is 1.34. The summed E-state index contributed by atoms with van der Waals surface area (Å²) in [6, 6.07) is 18.5. The molecule has 0 saturated heterocycles. The Hall–Kier alpha value is -2.57. The Balaban J connectivity index is 1.33. The van der Waals surface area contributed by atoms with E-state index in [0.29, 0.717) is 11.7 Å². The molecule has 2 heterocycles. The average Bonchev–Trinajstić information content (AvgIpc) is 3.35. The van der Waals surface area contributed by atoms with Gasteiger partial charge < -0.3 is 4.52 Å². The van der Waals surface area contributed by atoms with Gasteiger partial charge in [0.25, 0.3) is 0 Å². The maximum atomic E-state index is 5.40. The Morgan fingerprint density at radius 1 is 1.04 bits per heavy atom. The summed E-state index contributed by atoms with van der Waals surface area (Å²) in [5.41, 5.74) is 2.06. The van der Waals surface area contributed by atoms with Crippen molar-refractivity contribution in [2.45, 2.75) is 25.8 Å². The minimum Gasteiger partial charge on any atom is -0.339 e. The van der Waals surface area contributed by atoms with Crippen LogP contribution in [0.5, 0.6) is 0 Å². The molecular weight excluding hydrogens is 356 g/mol. The summed E-state index contributed by atoms with van der Waals surface area (Å²) in [5, 5.41) is 5.24. The lowest BCUT2D eigenvalue weighted by Crippen LogP contribution is -2.23. The number of benzene rings is 2.